The summed E-state index contributed by atoms with van der Waals surface area (Å²) in [5.41, 5.74) is 4.28. The number of aromatic hydroxyl groups is 1. The Hall–Kier alpha value is -2.34. The molecule has 3 N–H and O–H groups in total. The first-order valence-corrected chi connectivity index (χ1v) is 9.40. The summed E-state index contributed by atoms with van der Waals surface area (Å²) < 4.78 is 0. The normalized spacial score (nSPS) is 22.9. The van der Waals surface area contributed by atoms with Crippen LogP contribution >= 0.6 is 0 Å². The van der Waals surface area contributed by atoms with Crippen LogP contribution in [0.5, 0.6) is 5.75 Å². The van der Waals surface area contributed by atoms with Crippen LogP contribution in [0.2, 0.25) is 0 Å². The third-order valence-electron chi connectivity index (χ3n) is 5.70. The number of amides is 1. The number of likely N-dealkylation sites (tertiary alicyclic amines) is 1. The van der Waals surface area contributed by atoms with Crippen molar-refractivity contribution in [2.75, 3.05) is 6.54 Å². The molecule has 2 unspecified atom stereocenters. The van der Waals surface area contributed by atoms with Gasteiger partial charge < -0.3 is 20.3 Å². The van der Waals surface area contributed by atoms with Crippen molar-refractivity contribution in [3.63, 3.8) is 0 Å². The SMILES string of the molecule is Cc1nc(C2CCCCN2C(=O)C2Cc3ccc(O)cc3CN2)[nH]c1C. The number of rotatable bonds is 2. The zero-order valence-electron chi connectivity index (χ0n) is 15.4. The Kier molecular flexibility index (Phi) is 4.44. The number of phenolic OH excluding ortho intramolecular Hbond substituents is 1. The zero-order valence-corrected chi connectivity index (χ0v) is 15.4. The molecular formula is C20H26N4O2. The van der Waals surface area contributed by atoms with Gasteiger partial charge in [0.25, 0.3) is 0 Å². The maximum absolute atomic E-state index is 13.3. The van der Waals surface area contributed by atoms with Gasteiger partial charge in [0, 0.05) is 18.8 Å². The van der Waals surface area contributed by atoms with E-state index in [9.17, 15) is 9.90 Å². The van der Waals surface area contributed by atoms with Crippen molar-refractivity contribution in [1.29, 1.82) is 0 Å². The summed E-state index contributed by atoms with van der Waals surface area (Å²) in [7, 11) is 0. The van der Waals surface area contributed by atoms with E-state index in [-0.39, 0.29) is 23.7 Å². The van der Waals surface area contributed by atoms with Crippen molar-refractivity contribution < 1.29 is 9.90 Å². The van der Waals surface area contributed by atoms with Gasteiger partial charge >= 0.3 is 0 Å². The van der Waals surface area contributed by atoms with Crippen LogP contribution in [0.1, 0.15) is 53.6 Å². The minimum absolute atomic E-state index is 0.0339. The molecule has 1 aromatic carbocycles. The molecule has 2 aliphatic rings. The van der Waals surface area contributed by atoms with Crippen LogP contribution in [0.25, 0.3) is 0 Å². The van der Waals surface area contributed by atoms with E-state index in [0.29, 0.717) is 13.0 Å². The minimum Gasteiger partial charge on any atom is -0.508 e. The number of nitrogens with one attached hydrogen (secondary N) is 2. The van der Waals surface area contributed by atoms with E-state index in [4.69, 9.17) is 0 Å². The molecule has 1 amide bonds. The topological polar surface area (TPSA) is 81.2 Å². The number of hydrogen-bond donors (Lipinski definition) is 3. The van der Waals surface area contributed by atoms with Crippen molar-refractivity contribution in [2.45, 2.75) is 58.2 Å². The van der Waals surface area contributed by atoms with Gasteiger partial charge in [-0.15, -0.1) is 0 Å². The molecule has 0 bridgehead atoms. The molecule has 1 fully saturated rings. The first-order valence-electron chi connectivity index (χ1n) is 9.40. The number of benzene rings is 1. The second-order valence-corrected chi connectivity index (χ2v) is 7.47. The number of aromatic amines is 1. The van der Waals surface area contributed by atoms with Gasteiger partial charge in [0.2, 0.25) is 5.91 Å². The maximum atomic E-state index is 13.3. The molecule has 4 rings (SSSR count). The molecule has 3 heterocycles. The molecule has 0 aliphatic carbocycles. The number of imidazole rings is 1. The Labute approximate surface area is 153 Å². The number of phenols is 1. The number of H-pyrrole nitrogens is 1. The zero-order chi connectivity index (χ0) is 18.3. The molecule has 1 aromatic heterocycles. The fraction of sp³-hybridized carbons (Fsp3) is 0.500. The van der Waals surface area contributed by atoms with Gasteiger partial charge in [-0.3, -0.25) is 4.79 Å². The second kappa shape index (κ2) is 6.76. The highest BCUT2D eigenvalue weighted by molar-refractivity contribution is 5.83. The summed E-state index contributed by atoms with van der Waals surface area (Å²) in [5.74, 6) is 1.34. The second-order valence-electron chi connectivity index (χ2n) is 7.47. The van der Waals surface area contributed by atoms with E-state index in [1.807, 2.05) is 24.8 Å². The van der Waals surface area contributed by atoms with Crippen molar-refractivity contribution in [3.8, 4) is 5.75 Å². The van der Waals surface area contributed by atoms with Crippen LogP contribution in [0.3, 0.4) is 0 Å². The first-order chi connectivity index (χ1) is 12.5. The summed E-state index contributed by atoms with van der Waals surface area (Å²) >= 11 is 0. The minimum atomic E-state index is -0.218. The molecule has 2 aromatic rings. The Balaban J connectivity index is 1.55. The summed E-state index contributed by atoms with van der Waals surface area (Å²) in [4.78, 5) is 23.3. The Morgan fingerprint density at radius 2 is 2.12 bits per heavy atom. The number of piperidine rings is 1. The molecule has 2 atom stereocenters. The van der Waals surface area contributed by atoms with Crippen LogP contribution in [-0.2, 0) is 17.8 Å². The predicted molar refractivity (Wildman–Crippen MR) is 98.8 cm³/mol. The van der Waals surface area contributed by atoms with E-state index in [0.717, 1.165) is 54.1 Å². The summed E-state index contributed by atoms with van der Waals surface area (Å²) in [6.07, 6.45) is 3.77. The first kappa shape index (κ1) is 17.1. The van der Waals surface area contributed by atoms with Crippen molar-refractivity contribution >= 4 is 5.91 Å². The van der Waals surface area contributed by atoms with E-state index in [1.54, 1.807) is 12.1 Å². The predicted octanol–water partition coefficient (Wildman–Crippen LogP) is 2.50. The Morgan fingerprint density at radius 3 is 2.88 bits per heavy atom. The fourth-order valence-corrected chi connectivity index (χ4v) is 4.09. The van der Waals surface area contributed by atoms with Gasteiger partial charge in [-0.2, -0.15) is 0 Å². The van der Waals surface area contributed by atoms with Crippen LogP contribution in [0.4, 0.5) is 0 Å². The molecule has 2 aliphatic heterocycles. The fourth-order valence-electron chi connectivity index (χ4n) is 4.09. The van der Waals surface area contributed by atoms with E-state index < -0.39 is 0 Å². The average Bonchev–Trinajstić information content (AvgIpc) is 2.99. The Morgan fingerprint density at radius 1 is 1.27 bits per heavy atom. The Bertz CT molecular complexity index is 810. The van der Waals surface area contributed by atoms with Gasteiger partial charge in [-0.1, -0.05) is 6.07 Å². The van der Waals surface area contributed by atoms with Crippen LogP contribution in [0, 0.1) is 13.8 Å². The molecule has 138 valence electrons. The number of fused-ring (bicyclic) bond motifs is 1. The lowest BCUT2D eigenvalue weighted by molar-refractivity contribution is -0.137. The molecule has 1 saturated heterocycles. The standard InChI is InChI=1S/C20H26N4O2/c1-12-13(2)23-19(22-12)18-5-3-4-8-24(18)20(26)17-10-14-6-7-16(25)9-15(14)11-21-17/h6-7,9,17-18,21,25H,3-5,8,10-11H2,1-2H3,(H,22,23). The lowest BCUT2D eigenvalue weighted by Crippen LogP contribution is -2.51. The lowest BCUT2D eigenvalue weighted by atomic mass is 9.93. The molecule has 6 nitrogen and oxygen atoms in total. The molecular weight excluding hydrogens is 328 g/mol. The number of carbonyl (C=O) groups excluding carboxylic acids is 1. The van der Waals surface area contributed by atoms with Gasteiger partial charge in [-0.25, -0.2) is 4.98 Å². The van der Waals surface area contributed by atoms with Crippen molar-refractivity contribution in [2.24, 2.45) is 0 Å². The third-order valence-corrected chi connectivity index (χ3v) is 5.70. The average molecular weight is 354 g/mol. The number of nitrogens with zero attached hydrogens (tertiary/aromatic N) is 2. The third kappa shape index (κ3) is 3.09. The van der Waals surface area contributed by atoms with Gasteiger partial charge in [0.1, 0.15) is 11.6 Å². The molecule has 26 heavy (non-hydrogen) atoms. The van der Waals surface area contributed by atoms with Crippen LogP contribution in [0.15, 0.2) is 18.2 Å². The summed E-state index contributed by atoms with van der Waals surface area (Å²) in [5, 5.41) is 13.0. The number of carbonyl (C=O) groups is 1. The van der Waals surface area contributed by atoms with E-state index >= 15 is 0 Å². The lowest BCUT2D eigenvalue weighted by Gasteiger charge is -2.38. The number of aromatic nitrogens is 2. The molecule has 0 spiro atoms. The van der Waals surface area contributed by atoms with Crippen molar-refractivity contribution in [3.05, 3.63) is 46.5 Å². The van der Waals surface area contributed by atoms with Crippen molar-refractivity contribution in [1.82, 2.24) is 20.2 Å². The summed E-state index contributed by atoms with van der Waals surface area (Å²) in [6.45, 7) is 5.41. The summed E-state index contributed by atoms with van der Waals surface area (Å²) in [6, 6.07) is 5.22. The highest BCUT2D eigenvalue weighted by Crippen LogP contribution is 2.31. The molecule has 6 heteroatoms. The van der Waals surface area contributed by atoms with Gasteiger partial charge in [-0.05, 0) is 62.8 Å². The van der Waals surface area contributed by atoms with Gasteiger partial charge in [0.05, 0.1) is 17.8 Å². The largest absolute Gasteiger partial charge is 0.508 e. The van der Waals surface area contributed by atoms with E-state index in [1.165, 1.54) is 0 Å². The number of aryl methyl sites for hydroxylation is 2. The maximum Gasteiger partial charge on any atom is 0.240 e. The highest BCUT2D eigenvalue weighted by Gasteiger charge is 2.35. The molecule has 0 saturated carbocycles. The van der Waals surface area contributed by atoms with Gasteiger partial charge in [0.15, 0.2) is 0 Å². The van der Waals surface area contributed by atoms with Crippen LogP contribution < -0.4 is 5.32 Å². The van der Waals surface area contributed by atoms with E-state index in [2.05, 4.69) is 15.3 Å². The monoisotopic (exact) mass is 354 g/mol. The van der Waals surface area contributed by atoms with Crippen LogP contribution in [-0.4, -0.2) is 38.5 Å². The quantitative estimate of drug-likeness (QED) is 0.774. The number of hydrogen-bond acceptors (Lipinski definition) is 4. The highest BCUT2D eigenvalue weighted by atomic mass is 16.3. The molecule has 0 radical (unpaired) electrons. The smallest absolute Gasteiger partial charge is 0.240 e.